The number of aromatic nitrogens is 3. The maximum atomic E-state index is 13.3. The minimum absolute atomic E-state index is 0.0273. The van der Waals surface area contributed by atoms with E-state index in [9.17, 15) is 14.3 Å². The third kappa shape index (κ3) is 3.57. The molecule has 2 heterocycles. The van der Waals surface area contributed by atoms with Gasteiger partial charge in [0.05, 0.1) is 0 Å². The molecule has 0 bridgehead atoms. The second-order valence-corrected chi connectivity index (χ2v) is 6.55. The normalized spacial score (nSPS) is 10.9. The van der Waals surface area contributed by atoms with Crippen LogP contribution in [0.25, 0.3) is 5.78 Å². The lowest BCUT2D eigenvalue weighted by Gasteiger charge is -2.17. The number of phenolic OH excluding ortho intramolecular Hbond substituents is 1. The quantitative estimate of drug-likeness (QED) is 0.540. The number of carbonyl (C=O) groups is 1. The Balaban J connectivity index is 1.77. The summed E-state index contributed by atoms with van der Waals surface area (Å²) < 4.78 is 20.5. The minimum atomic E-state index is -0.784. The van der Waals surface area contributed by atoms with Crippen molar-refractivity contribution >= 4 is 29.0 Å². The van der Waals surface area contributed by atoms with Crippen LogP contribution in [0, 0.1) is 5.82 Å². The number of halogens is 2. The Kier molecular flexibility index (Phi) is 4.77. The van der Waals surface area contributed by atoms with E-state index in [0.717, 1.165) is 12.1 Å². The van der Waals surface area contributed by atoms with Crippen LogP contribution in [0.15, 0.2) is 60.9 Å². The average molecular weight is 413 g/mol. The fourth-order valence-electron chi connectivity index (χ4n) is 2.74. The smallest absolute Gasteiger partial charge is 0.280 e. The topological polar surface area (TPSA) is 80.0 Å². The van der Waals surface area contributed by atoms with Crippen molar-refractivity contribution in [3.63, 3.8) is 0 Å². The lowest BCUT2D eigenvalue weighted by atomic mass is 10.2. The van der Waals surface area contributed by atoms with Crippen molar-refractivity contribution in [3.05, 3.63) is 77.5 Å². The molecule has 7 nitrogen and oxygen atoms in total. The Morgan fingerprint density at radius 2 is 2.00 bits per heavy atom. The molecule has 0 aliphatic heterocycles. The van der Waals surface area contributed by atoms with Gasteiger partial charge in [0.15, 0.2) is 17.3 Å². The third-order valence-electron chi connectivity index (χ3n) is 4.22. The van der Waals surface area contributed by atoms with Crippen molar-refractivity contribution in [3.8, 4) is 17.4 Å². The highest BCUT2D eigenvalue weighted by molar-refractivity contribution is 6.30. The molecule has 0 saturated carbocycles. The molecule has 4 rings (SSSR count). The molecular formula is C20H14ClFN4O3. The van der Waals surface area contributed by atoms with Crippen LogP contribution in [0.4, 0.5) is 10.1 Å². The number of ether oxygens (including phenoxy) is 1. The largest absolute Gasteiger partial charge is 0.505 e. The first-order chi connectivity index (χ1) is 13.9. The number of amides is 1. The van der Waals surface area contributed by atoms with Gasteiger partial charge >= 0.3 is 0 Å². The van der Waals surface area contributed by atoms with Gasteiger partial charge in [-0.25, -0.2) is 9.37 Å². The standard InChI is InChI=1S/C20H14ClFN4O3/c1-25(13-5-3-12(21)4-6-13)19(28)17-18(24-20-23-9-2-10-26(17)20)29-14-7-8-15(22)16(27)11-14/h2-11,27H,1H3. The molecule has 4 aromatic rings. The van der Waals surface area contributed by atoms with Crippen LogP contribution in [0.3, 0.4) is 0 Å². The predicted molar refractivity (Wildman–Crippen MR) is 105 cm³/mol. The number of phenols is 1. The van der Waals surface area contributed by atoms with E-state index in [-0.39, 0.29) is 23.1 Å². The summed E-state index contributed by atoms with van der Waals surface area (Å²) in [7, 11) is 1.61. The van der Waals surface area contributed by atoms with Crippen molar-refractivity contribution in [2.45, 2.75) is 0 Å². The third-order valence-corrected chi connectivity index (χ3v) is 4.48. The van der Waals surface area contributed by atoms with Gasteiger partial charge in [-0.2, -0.15) is 4.98 Å². The zero-order valence-electron chi connectivity index (χ0n) is 15.1. The summed E-state index contributed by atoms with van der Waals surface area (Å²) in [6, 6.07) is 11.9. The summed E-state index contributed by atoms with van der Waals surface area (Å²) in [6.45, 7) is 0. The molecule has 9 heteroatoms. The fourth-order valence-corrected chi connectivity index (χ4v) is 2.87. The Bertz CT molecular complexity index is 1210. The first kappa shape index (κ1) is 18.7. The number of imidazole rings is 1. The van der Waals surface area contributed by atoms with Crippen LogP contribution < -0.4 is 9.64 Å². The number of hydrogen-bond donors (Lipinski definition) is 1. The van der Waals surface area contributed by atoms with E-state index in [1.54, 1.807) is 43.6 Å². The molecule has 2 aromatic carbocycles. The highest BCUT2D eigenvalue weighted by Crippen LogP contribution is 2.30. The predicted octanol–water partition coefficient (Wildman–Crippen LogP) is 4.30. The Labute approximate surface area is 169 Å². The molecular weight excluding hydrogens is 399 g/mol. The van der Waals surface area contributed by atoms with Crippen LogP contribution in [0.5, 0.6) is 17.4 Å². The second kappa shape index (κ2) is 7.40. The Morgan fingerprint density at radius 1 is 1.24 bits per heavy atom. The molecule has 0 saturated heterocycles. The van der Waals surface area contributed by atoms with Gasteiger partial charge in [0.25, 0.3) is 11.8 Å². The highest BCUT2D eigenvalue weighted by Gasteiger charge is 2.25. The van der Waals surface area contributed by atoms with E-state index < -0.39 is 17.5 Å². The monoisotopic (exact) mass is 412 g/mol. The SMILES string of the molecule is CN(C(=O)c1c(Oc2ccc(F)c(O)c2)nc2ncccn12)c1ccc(Cl)cc1. The van der Waals surface area contributed by atoms with Crippen molar-refractivity contribution in [2.24, 2.45) is 0 Å². The zero-order valence-corrected chi connectivity index (χ0v) is 15.8. The molecule has 29 heavy (non-hydrogen) atoms. The van der Waals surface area contributed by atoms with Crippen molar-refractivity contribution < 1.29 is 19.0 Å². The van der Waals surface area contributed by atoms with Crippen LogP contribution >= 0.6 is 11.6 Å². The van der Waals surface area contributed by atoms with Gasteiger partial charge in [-0.3, -0.25) is 9.20 Å². The van der Waals surface area contributed by atoms with E-state index in [1.165, 1.54) is 21.6 Å². The molecule has 0 spiro atoms. The number of aromatic hydroxyl groups is 1. The van der Waals surface area contributed by atoms with Gasteiger partial charge in [-0.15, -0.1) is 0 Å². The van der Waals surface area contributed by atoms with Gasteiger partial charge in [0.1, 0.15) is 5.75 Å². The molecule has 0 radical (unpaired) electrons. The van der Waals surface area contributed by atoms with E-state index in [4.69, 9.17) is 16.3 Å². The zero-order chi connectivity index (χ0) is 20.5. The number of fused-ring (bicyclic) bond motifs is 1. The molecule has 0 aliphatic rings. The maximum absolute atomic E-state index is 13.3. The van der Waals surface area contributed by atoms with Gasteiger partial charge in [0, 0.05) is 36.2 Å². The molecule has 1 N–H and O–H groups in total. The Morgan fingerprint density at radius 3 is 2.72 bits per heavy atom. The van der Waals surface area contributed by atoms with E-state index in [0.29, 0.717) is 10.7 Å². The first-order valence-corrected chi connectivity index (χ1v) is 8.85. The summed E-state index contributed by atoms with van der Waals surface area (Å²) >= 11 is 5.92. The number of anilines is 1. The van der Waals surface area contributed by atoms with E-state index in [2.05, 4.69) is 9.97 Å². The van der Waals surface area contributed by atoms with Crippen LogP contribution in [0.1, 0.15) is 10.5 Å². The van der Waals surface area contributed by atoms with Crippen LogP contribution in [-0.2, 0) is 0 Å². The first-order valence-electron chi connectivity index (χ1n) is 8.47. The summed E-state index contributed by atoms with van der Waals surface area (Å²) in [5.74, 6) is -1.42. The average Bonchev–Trinajstić information content (AvgIpc) is 3.08. The number of carbonyl (C=O) groups excluding carboxylic acids is 1. The molecule has 0 fully saturated rings. The molecule has 1 amide bonds. The van der Waals surface area contributed by atoms with Crippen LogP contribution in [-0.4, -0.2) is 32.4 Å². The molecule has 2 aromatic heterocycles. The molecule has 0 aliphatic carbocycles. The summed E-state index contributed by atoms with van der Waals surface area (Å²) in [5, 5.41) is 10.1. The van der Waals surface area contributed by atoms with Gasteiger partial charge < -0.3 is 14.7 Å². The summed E-state index contributed by atoms with van der Waals surface area (Å²) in [4.78, 5) is 23.1. The lowest BCUT2D eigenvalue weighted by Crippen LogP contribution is -2.27. The summed E-state index contributed by atoms with van der Waals surface area (Å²) in [5.41, 5.74) is 0.734. The fraction of sp³-hybridized carbons (Fsp3) is 0.0500. The van der Waals surface area contributed by atoms with Crippen molar-refractivity contribution in [1.29, 1.82) is 0 Å². The summed E-state index contributed by atoms with van der Waals surface area (Å²) in [6.07, 6.45) is 3.17. The molecule has 0 unspecified atom stereocenters. The van der Waals surface area contributed by atoms with Gasteiger partial charge in [0.2, 0.25) is 5.78 Å². The second-order valence-electron chi connectivity index (χ2n) is 6.11. The number of nitrogens with zero attached hydrogens (tertiary/aromatic N) is 4. The minimum Gasteiger partial charge on any atom is -0.505 e. The van der Waals surface area contributed by atoms with Gasteiger partial charge in [-0.05, 0) is 42.5 Å². The van der Waals surface area contributed by atoms with Crippen LogP contribution in [0.2, 0.25) is 5.02 Å². The molecule has 0 atom stereocenters. The van der Waals surface area contributed by atoms with Gasteiger partial charge in [-0.1, -0.05) is 11.6 Å². The lowest BCUT2D eigenvalue weighted by molar-refractivity contribution is 0.0985. The number of hydrogen-bond acceptors (Lipinski definition) is 5. The van der Waals surface area contributed by atoms with Crippen molar-refractivity contribution in [1.82, 2.24) is 14.4 Å². The highest BCUT2D eigenvalue weighted by atomic mass is 35.5. The Hall–Kier alpha value is -3.65. The van der Waals surface area contributed by atoms with E-state index >= 15 is 0 Å². The maximum Gasteiger partial charge on any atom is 0.280 e. The molecule has 146 valence electrons. The number of rotatable bonds is 4. The van der Waals surface area contributed by atoms with Crippen molar-refractivity contribution in [2.75, 3.05) is 11.9 Å². The number of benzene rings is 2. The van der Waals surface area contributed by atoms with E-state index in [1.807, 2.05) is 0 Å².